The van der Waals surface area contributed by atoms with Crippen molar-refractivity contribution in [3.8, 4) is 17.0 Å². The van der Waals surface area contributed by atoms with Gasteiger partial charge in [-0.3, -0.25) is 14.9 Å². The zero-order valence-electron chi connectivity index (χ0n) is 17.7. The van der Waals surface area contributed by atoms with Crippen LogP contribution in [0.15, 0.2) is 35.0 Å². The fourth-order valence-corrected chi connectivity index (χ4v) is 4.22. The molecule has 1 amide bonds. The average molecular weight is 492 g/mol. The number of rotatable bonds is 5. The molecule has 1 aliphatic heterocycles. The predicted molar refractivity (Wildman–Crippen MR) is 122 cm³/mol. The van der Waals surface area contributed by atoms with E-state index in [4.69, 9.17) is 32.5 Å². The number of nitro groups is 1. The molecule has 0 atom stereocenters. The zero-order chi connectivity index (χ0) is 23.7. The van der Waals surface area contributed by atoms with Gasteiger partial charge in [0.05, 0.1) is 27.6 Å². The van der Waals surface area contributed by atoms with Crippen molar-refractivity contribution in [1.29, 1.82) is 0 Å². The number of halogens is 2. The summed E-state index contributed by atoms with van der Waals surface area (Å²) >= 11 is 12.2. The van der Waals surface area contributed by atoms with E-state index in [0.717, 1.165) is 0 Å². The van der Waals surface area contributed by atoms with Gasteiger partial charge in [0.1, 0.15) is 28.6 Å². The smallest absolute Gasteiger partial charge is 0.270 e. The minimum Gasteiger partial charge on any atom is -0.496 e. The van der Waals surface area contributed by atoms with Crippen LogP contribution < -0.4 is 9.64 Å². The molecule has 1 aliphatic rings. The fourth-order valence-electron chi connectivity index (χ4n) is 3.72. The number of amides is 1. The zero-order valence-corrected chi connectivity index (χ0v) is 19.3. The van der Waals surface area contributed by atoms with E-state index in [1.54, 1.807) is 17.9 Å². The lowest BCUT2D eigenvalue weighted by atomic mass is 10.0. The van der Waals surface area contributed by atoms with Crippen molar-refractivity contribution >= 4 is 40.6 Å². The number of nitrogens with zero attached hydrogens (tertiary/aromatic N) is 5. The quantitative estimate of drug-likeness (QED) is 0.384. The first kappa shape index (κ1) is 22.8. The topological polar surface area (TPSA) is 115 Å². The number of carbonyl (C=O) groups is 1. The molecule has 0 N–H and O–H groups in total. The molecular formula is C21H19Cl2N5O5. The van der Waals surface area contributed by atoms with Gasteiger partial charge in [-0.2, -0.15) is 0 Å². The number of hydrogen-bond acceptors (Lipinski definition) is 8. The molecule has 0 radical (unpaired) electrons. The second-order valence-electron chi connectivity index (χ2n) is 7.34. The molecule has 0 bridgehead atoms. The fraction of sp³-hybridized carbons (Fsp3) is 0.286. The summed E-state index contributed by atoms with van der Waals surface area (Å²) in [6.45, 7) is 3.48. The third-order valence-corrected chi connectivity index (χ3v) is 5.87. The lowest BCUT2D eigenvalue weighted by molar-refractivity contribution is -0.384. The number of benzene rings is 1. The van der Waals surface area contributed by atoms with Gasteiger partial charge in [-0.1, -0.05) is 28.4 Å². The lowest BCUT2D eigenvalue weighted by Crippen LogP contribution is -2.49. The molecule has 3 aromatic rings. The highest BCUT2D eigenvalue weighted by Gasteiger charge is 2.31. The van der Waals surface area contributed by atoms with Gasteiger partial charge in [-0.05, 0) is 19.1 Å². The number of carbonyl (C=O) groups excluding carboxylic acids is 1. The first-order valence-electron chi connectivity index (χ1n) is 9.94. The Morgan fingerprint density at radius 3 is 2.58 bits per heavy atom. The molecule has 1 aromatic carbocycles. The number of pyridine rings is 1. The molecule has 33 heavy (non-hydrogen) atoms. The van der Waals surface area contributed by atoms with Crippen LogP contribution in [-0.4, -0.2) is 59.2 Å². The maximum absolute atomic E-state index is 13.4. The highest BCUT2D eigenvalue weighted by Crippen LogP contribution is 2.36. The molecule has 4 rings (SSSR count). The van der Waals surface area contributed by atoms with Crippen LogP contribution in [0.4, 0.5) is 11.5 Å². The van der Waals surface area contributed by atoms with Gasteiger partial charge in [-0.15, -0.1) is 0 Å². The summed E-state index contributed by atoms with van der Waals surface area (Å²) < 4.78 is 10.6. The van der Waals surface area contributed by atoms with Crippen LogP contribution in [0.3, 0.4) is 0 Å². The molecule has 0 aliphatic carbocycles. The Morgan fingerprint density at radius 2 is 1.94 bits per heavy atom. The molecular weight excluding hydrogens is 473 g/mol. The summed E-state index contributed by atoms with van der Waals surface area (Å²) in [6.07, 6.45) is 1.53. The van der Waals surface area contributed by atoms with Crippen LogP contribution in [0.1, 0.15) is 16.1 Å². The Morgan fingerprint density at radius 1 is 1.21 bits per heavy atom. The normalized spacial score (nSPS) is 13.8. The summed E-state index contributed by atoms with van der Waals surface area (Å²) in [4.78, 5) is 32.1. The van der Waals surface area contributed by atoms with Gasteiger partial charge in [-0.25, -0.2) is 4.98 Å². The number of methoxy groups -OCH3 is 1. The second-order valence-corrected chi connectivity index (χ2v) is 8.19. The van der Waals surface area contributed by atoms with E-state index in [0.29, 0.717) is 59.1 Å². The molecule has 10 nitrogen and oxygen atoms in total. The number of piperazine rings is 1. The summed E-state index contributed by atoms with van der Waals surface area (Å²) in [6, 6.07) is 5.74. The number of aryl methyl sites for hydroxylation is 1. The van der Waals surface area contributed by atoms with Gasteiger partial charge in [0.2, 0.25) is 0 Å². The average Bonchev–Trinajstić information content (AvgIpc) is 3.19. The van der Waals surface area contributed by atoms with Crippen LogP contribution in [0.25, 0.3) is 11.3 Å². The summed E-state index contributed by atoms with van der Waals surface area (Å²) in [5, 5.41) is 16.2. The molecule has 12 heteroatoms. The molecule has 1 fully saturated rings. The number of nitro benzene ring substituents is 1. The maximum Gasteiger partial charge on any atom is 0.270 e. The van der Waals surface area contributed by atoms with Gasteiger partial charge in [0.25, 0.3) is 11.6 Å². The SMILES string of the molecule is COc1ccc([N+](=O)[O-])cc1-c1noc(C)c1C(=O)N1CCN(c2ncc(Cl)cc2Cl)CC1. The van der Waals surface area contributed by atoms with Gasteiger partial charge >= 0.3 is 0 Å². The largest absolute Gasteiger partial charge is 0.496 e. The van der Waals surface area contributed by atoms with E-state index in [-0.39, 0.29) is 22.9 Å². The van der Waals surface area contributed by atoms with Crippen LogP contribution in [-0.2, 0) is 0 Å². The van der Waals surface area contributed by atoms with E-state index in [2.05, 4.69) is 10.1 Å². The Hall–Kier alpha value is -3.37. The first-order chi connectivity index (χ1) is 15.8. The predicted octanol–water partition coefficient (Wildman–Crippen LogP) is 4.23. The highest BCUT2D eigenvalue weighted by atomic mass is 35.5. The number of hydrogen-bond donors (Lipinski definition) is 0. The van der Waals surface area contributed by atoms with Crippen LogP contribution in [0, 0.1) is 17.0 Å². The third kappa shape index (κ3) is 4.44. The molecule has 172 valence electrons. The number of ether oxygens (including phenoxy) is 1. The molecule has 3 heterocycles. The first-order valence-corrected chi connectivity index (χ1v) is 10.7. The minimum absolute atomic E-state index is 0.147. The highest BCUT2D eigenvalue weighted by molar-refractivity contribution is 6.36. The van der Waals surface area contributed by atoms with E-state index in [1.807, 2.05) is 4.90 Å². The van der Waals surface area contributed by atoms with E-state index < -0.39 is 4.92 Å². The second kappa shape index (κ2) is 9.24. The van der Waals surface area contributed by atoms with Crippen LogP contribution in [0.5, 0.6) is 5.75 Å². The molecule has 0 unspecified atom stereocenters. The molecule has 0 saturated carbocycles. The monoisotopic (exact) mass is 491 g/mol. The summed E-state index contributed by atoms with van der Waals surface area (Å²) in [5.41, 5.74) is 0.598. The number of anilines is 1. The van der Waals surface area contributed by atoms with Crippen molar-refractivity contribution in [3.63, 3.8) is 0 Å². The molecule has 0 spiro atoms. The lowest BCUT2D eigenvalue weighted by Gasteiger charge is -2.35. The van der Waals surface area contributed by atoms with Crippen molar-refractivity contribution in [1.82, 2.24) is 15.0 Å². The van der Waals surface area contributed by atoms with Gasteiger partial charge in [0.15, 0.2) is 0 Å². The van der Waals surface area contributed by atoms with E-state index >= 15 is 0 Å². The van der Waals surface area contributed by atoms with Crippen LogP contribution in [0.2, 0.25) is 10.0 Å². The van der Waals surface area contributed by atoms with Crippen molar-refractivity contribution in [2.45, 2.75) is 6.92 Å². The van der Waals surface area contributed by atoms with Gasteiger partial charge in [0, 0.05) is 44.5 Å². The van der Waals surface area contributed by atoms with Crippen molar-refractivity contribution in [3.05, 3.63) is 61.9 Å². The van der Waals surface area contributed by atoms with Crippen molar-refractivity contribution in [2.24, 2.45) is 0 Å². The van der Waals surface area contributed by atoms with E-state index in [9.17, 15) is 14.9 Å². The maximum atomic E-state index is 13.4. The van der Waals surface area contributed by atoms with Crippen molar-refractivity contribution < 1.29 is 19.0 Å². The summed E-state index contributed by atoms with van der Waals surface area (Å²) in [5.74, 6) is 0.980. The summed E-state index contributed by atoms with van der Waals surface area (Å²) in [7, 11) is 1.44. The Labute approximate surface area is 198 Å². The Bertz CT molecular complexity index is 1220. The molecule has 2 aromatic heterocycles. The Kier molecular flexibility index (Phi) is 6.39. The third-order valence-electron chi connectivity index (χ3n) is 5.38. The van der Waals surface area contributed by atoms with Crippen LogP contribution >= 0.6 is 23.2 Å². The number of aromatic nitrogens is 2. The minimum atomic E-state index is -0.521. The van der Waals surface area contributed by atoms with Gasteiger partial charge < -0.3 is 19.1 Å². The Balaban J connectivity index is 1.59. The van der Waals surface area contributed by atoms with E-state index in [1.165, 1.54) is 31.5 Å². The van der Waals surface area contributed by atoms with Crippen molar-refractivity contribution in [2.75, 3.05) is 38.2 Å². The standard InChI is InChI=1S/C21H19Cl2N5O5/c1-12-18(19(25-33-12)15-10-14(28(30)31)3-4-17(15)32-2)21(29)27-7-5-26(6-8-27)20-16(23)9-13(22)11-24-20/h3-4,9-11H,5-8H2,1-2H3. The number of non-ortho nitro benzene ring substituents is 1. The molecule has 1 saturated heterocycles.